The van der Waals surface area contributed by atoms with Crippen LogP contribution in [0.5, 0.6) is 0 Å². The van der Waals surface area contributed by atoms with Crippen LogP contribution in [0.15, 0.2) is 42.7 Å². The molecule has 0 saturated heterocycles. The van der Waals surface area contributed by atoms with Crippen LogP contribution in [0.3, 0.4) is 0 Å². The first-order valence-electron chi connectivity index (χ1n) is 6.04. The highest BCUT2D eigenvalue weighted by molar-refractivity contribution is 7.80. The van der Waals surface area contributed by atoms with Gasteiger partial charge in [0.15, 0.2) is 0 Å². The third-order valence-electron chi connectivity index (χ3n) is 2.86. The minimum Gasteiger partial charge on any atom is -0.388 e. The second kappa shape index (κ2) is 6.24. The number of aromatic nitrogens is 2. The first-order chi connectivity index (χ1) is 9.16. The quantitative estimate of drug-likeness (QED) is 0.841. The van der Waals surface area contributed by atoms with E-state index in [1.807, 2.05) is 25.2 Å². The van der Waals surface area contributed by atoms with Gasteiger partial charge in [0.05, 0.1) is 12.4 Å². The van der Waals surface area contributed by atoms with E-state index in [4.69, 9.17) is 18.0 Å². The third-order valence-corrected chi connectivity index (χ3v) is 3.07. The zero-order valence-electron chi connectivity index (χ0n) is 10.8. The summed E-state index contributed by atoms with van der Waals surface area (Å²) < 4.78 is 0. The van der Waals surface area contributed by atoms with Crippen molar-refractivity contribution in [3.63, 3.8) is 0 Å². The summed E-state index contributed by atoms with van der Waals surface area (Å²) in [5.74, 6) is 0.816. The molecule has 4 nitrogen and oxygen atoms in total. The molecule has 1 aromatic heterocycles. The van der Waals surface area contributed by atoms with E-state index in [0.717, 1.165) is 18.8 Å². The van der Waals surface area contributed by atoms with Gasteiger partial charge < -0.3 is 10.6 Å². The van der Waals surface area contributed by atoms with Crippen LogP contribution in [0.25, 0.3) is 0 Å². The van der Waals surface area contributed by atoms with E-state index >= 15 is 0 Å². The van der Waals surface area contributed by atoms with Crippen molar-refractivity contribution in [2.24, 2.45) is 5.73 Å². The Balaban J connectivity index is 1.96. The van der Waals surface area contributed by atoms with Gasteiger partial charge in [-0.15, -0.1) is 0 Å². The Morgan fingerprint density at radius 3 is 2.53 bits per heavy atom. The first kappa shape index (κ1) is 13.4. The summed E-state index contributed by atoms with van der Waals surface area (Å²) in [6.45, 7) is 0.880. The van der Waals surface area contributed by atoms with Crippen LogP contribution in [0, 0.1) is 0 Å². The van der Waals surface area contributed by atoms with Gasteiger partial charge in [0.2, 0.25) is 0 Å². The SMILES string of the molecule is CN(CCc1ccccc1)c1cnc(C(N)=S)cn1. The lowest BCUT2D eigenvalue weighted by atomic mass is 10.1. The van der Waals surface area contributed by atoms with E-state index in [2.05, 4.69) is 27.0 Å². The molecule has 1 heterocycles. The molecule has 2 aromatic rings. The van der Waals surface area contributed by atoms with Crippen molar-refractivity contribution in [2.75, 3.05) is 18.5 Å². The summed E-state index contributed by atoms with van der Waals surface area (Å²) in [7, 11) is 1.99. The molecule has 0 aliphatic rings. The Morgan fingerprint density at radius 2 is 1.95 bits per heavy atom. The Morgan fingerprint density at radius 1 is 1.21 bits per heavy atom. The first-order valence-corrected chi connectivity index (χ1v) is 6.44. The zero-order chi connectivity index (χ0) is 13.7. The molecule has 5 heteroatoms. The van der Waals surface area contributed by atoms with Crippen molar-refractivity contribution in [3.05, 3.63) is 54.0 Å². The Hall–Kier alpha value is -2.01. The minimum absolute atomic E-state index is 0.269. The number of anilines is 1. The predicted molar refractivity (Wildman–Crippen MR) is 81.3 cm³/mol. The number of hydrogen-bond donors (Lipinski definition) is 1. The minimum atomic E-state index is 0.269. The number of hydrogen-bond acceptors (Lipinski definition) is 4. The Labute approximate surface area is 118 Å². The fraction of sp³-hybridized carbons (Fsp3) is 0.214. The van der Waals surface area contributed by atoms with E-state index in [9.17, 15) is 0 Å². The molecular formula is C14H16N4S. The molecule has 0 fully saturated rings. The molecule has 0 saturated carbocycles. The number of thiocarbonyl (C=S) groups is 1. The van der Waals surface area contributed by atoms with Crippen molar-refractivity contribution >= 4 is 23.0 Å². The van der Waals surface area contributed by atoms with Crippen molar-refractivity contribution in [1.29, 1.82) is 0 Å². The van der Waals surface area contributed by atoms with Crippen LogP contribution in [0.4, 0.5) is 5.82 Å². The summed E-state index contributed by atoms with van der Waals surface area (Å²) in [6.07, 6.45) is 4.27. The van der Waals surface area contributed by atoms with Crippen LogP contribution >= 0.6 is 12.2 Å². The molecule has 0 amide bonds. The number of likely N-dealkylation sites (N-methyl/N-ethyl adjacent to an activating group) is 1. The lowest BCUT2D eigenvalue weighted by molar-refractivity contribution is 0.854. The van der Waals surface area contributed by atoms with Gasteiger partial charge in [0.1, 0.15) is 16.5 Å². The van der Waals surface area contributed by atoms with Gasteiger partial charge in [0, 0.05) is 13.6 Å². The summed E-state index contributed by atoms with van der Waals surface area (Å²) >= 11 is 4.85. The predicted octanol–water partition coefficient (Wildman–Crippen LogP) is 1.79. The fourth-order valence-electron chi connectivity index (χ4n) is 1.70. The summed E-state index contributed by atoms with van der Waals surface area (Å²) in [5, 5.41) is 0. The second-order valence-corrected chi connectivity index (χ2v) is 4.72. The molecular weight excluding hydrogens is 256 g/mol. The number of benzene rings is 1. The molecule has 0 bridgehead atoms. The zero-order valence-corrected chi connectivity index (χ0v) is 11.6. The molecule has 1 aromatic carbocycles. The standard InChI is InChI=1S/C14H16N4S/c1-18(8-7-11-5-3-2-4-6-11)13-10-16-12(9-17-13)14(15)19/h2-6,9-10H,7-8H2,1H3,(H2,15,19). The highest BCUT2D eigenvalue weighted by atomic mass is 32.1. The normalized spacial score (nSPS) is 10.2. The van der Waals surface area contributed by atoms with Crippen molar-refractivity contribution in [1.82, 2.24) is 9.97 Å². The fourth-order valence-corrected chi connectivity index (χ4v) is 1.81. The van der Waals surface area contributed by atoms with Gasteiger partial charge in [-0.05, 0) is 12.0 Å². The summed E-state index contributed by atoms with van der Waals surface area (Å²) in [5.41, 5.74) is 7.35. The van der Waals surface area contributed by atoms with Gasteiger partial charge in [-0.1, -0.05) is 42.5 Å². The average molecular weight is 272 g/mol. The number of nitrogens with two attached hydrogens (primary N) is 1. The van der Waals surface area contributed by atoms with Gasteiger partial charge in [-0.25, -0.2) is 9.97 Å². The molecule has 98 valence electrons. The molecule has 2 N–H and O–H groups in total. The molecule has 0 atom stereocenters. The maximum Gasteiger partial charge on any atom is 0.146 e. The molecule has 2 rings (SSSR count). The smallest absolute Gasteiger partial charge is 0.146 e. The molecule has 0 radical (unpaired) electrons. The molecule has 0 aliphatic carbocycles. The van der Waals surface area contributed by atoms with E-state index in [0.29, 0.717) is 5.69 Å². The maximum atomic E-state index is 5.49. The Bertz CT molecular complexity index is 539. The maximum absolute atomic E-state index is 5.49. The summed E-state index contributed by atoms with van der Waals surface area (Å²) in [4.78, 5) is 10.8. The van der Waals surface area contributed by atoms with E-state index < -0.39 is 0 Å². The van der Waals surface area contributed by atoms with Crippen molar-refractivity contribution < 1.29 is 0 Å². The Kier molecular flexibility index (Phi) is 4.41. The van der Waals surface area contributed by atoms with Crippen LogP contribution in [-0.4, -0.2) is 28.5 Å². The van der Waals surface area contributed by atoms with Gasteiger partial charge >= 0.3 is 0 Å². The molecule has 0 unspecified atom stereocenters. The van der Waals surface area contributed by atoms with Gasteiger partial charge in [-0.3, -0.25) is 0 Å². The van der Waals surface area contributed by atoms with Crippen molar-refractivity contribution in [2.45, 2.75) is 6.42 Å². The van der Waals surface area contributed by atoms with Gasteiger partial charge in [0.25, 0.3) is 0 Å². The van der Waals surface area contributed by atoms with Crippen LogP contribution < -0.4 is 10.6 Å². The monoisotopic (exact) mass is 272 g/mol. The van der Waals surface area contributed by atoms with E-state index in [-0.39, 0.29) is 4.99 Å². The van der Waals surface area contributed by atoms with Crippen LogP contribution in [0.1, 0.15) is 11.3 Å². The van der Waals surface area contributed by atoms with Crippen LogP contribution in [-0.2, 0) is 6.42 Å². The average Bonchev–Trinajstić information content (AvgIpc) is 2.46. The van der Waals surface area contributed by atoms with E-state index in [1.165, 1.54) is 5.56 Å². The largest absolute Gasteiger partial charge is 0.388 e. The van der Waals surface area contributed by atoms with Gasteiger partial charge in [-0.2, -0.15) is 0 Å². The highest BCUT2D eigenvalue weighted by Crippen LogP contribution is 2.08. The second-order valence-electron chi connectivity index (χ2n) is 4.28. The number of nitrogens with zero attached hydrogens (tertiary/aromatic N) is 3. The third kappa shape index (κ3) is 3.72. The molecule has 0 spiro atoms. The molecule has 0 aliphatic heterocycles. The molecule has 19 heavy (non-hydrogen) atoms. The lowest BCUT2D eigenvalue weighted by Gasteiger charge is -2.17. The number of rotatable bonds is 5. The summed E-state index contributed by atoms with van der Waals surface area (Å²) in [6, 6.07) is 10.4. The van der Waals surface area contributed by atoms with Crippen molar-refractivity contribution in [3.8, 4) is 0 Å². The lowest BCUT2D eigenvalue weighted by Crippen LogP contribution is -2.22. The topological polar surface area (TPSA) is 55.0 Å². The van der Waals surface area contributed by atoms with Crippen LogP contribution in [0.2, 0.25) is 0 Å². The van der Waals surface area contributed by atoms with E-state index in [1.54, 1.807) is 12.4 Å². The highest BCUT2D eigenvalue weighted by Gasteiger charge is 2.05.